The molecule has 2 amide bonds. The van der Waals surface area contributed by atoms with Crippen molar-refractivity contribution in [3.8, 4) is 6.07 Å². The van der Waals surface area contributed by atoms with E-state index in [1.165, 1.54) is 24.6 Å². The van der Waals surface area contributed by atoms with Crippen LogP contribution in [-0.4, -0.2) is 29.6 Å². The second kappa shape index (κ2) is 8.67. The lowest BCUT2D eigenvalue weighted by atomic mass is 9.85. The molecule has 0 aromatic heterocycles. The van der Waals surface area contributed by atoms with E-state index < -0.39 is 17.9 Å². The number of nitrogens with zero attached hydrogens (tertiary/aromatic N) is 1. The number of rotatable bonds is 4. The van der Waals surface area contributed by atoms with Gasteiger partial charge in [-0.3, -0.25) is 9.59 Å². The van der Waals surface area contributed by atoms with Crippen LogP contribution in [0.4, 0.5) is 5.69 Å². The molecule has 0 unspecified atom stereocenters. The van der Waals surface area contributed by atoms with Gasteiger partial charge in [0.2, 0.25) is 0 Å². The first-order valence-corrected chi connectivity index (χ1v) is 8.36. The van der Waals surface area contributed by atoms with E-state index in [1.807, 2.05) is 6.07 Å². The zero-order valence-electron chi connectivity index (χ0n) is 13.2. The van der Waals surface area contributed by atoms with Crippen LogP contribution in [-0.2, 0) is 9.59 Å². The van der Waals surface area contributed by atoms with Crippen LogP contribution in [0.25, 0.3) is 0 Å². The molecular formula is C17H20ClN3O3. The van der Waals surface area contributed by atoms with E-state index in [-0.39, 0.29) is 23.7 Å². The summed E-state index contributed by atoms with van der Waals surface area (Å²) in [6, 6.07) is 6.31. The van der Waals surface area contributed by atoms with Crippen LogP contribution in [0.3, 0.4) is 0 Å². The number of nitrogens with one attached hydrogen (secondary N) is 2. The normalized spacial score (nSPS) is 16.0. The fourth-order valence-electron chi connectivity index (χ4n) is 2.86. The Kier molecular flexibility index (Phi) is 6.59. The van der Waals surface area contributed by atoms with Crippen molar-refractivity contribution in [3.05, 3.63) is 28.8 Å². The van der Waals surface area contributed by atoms with Gasteiger partial charge < -0.3 is 15.7 Å². The molecule has 0 radical (unpaired) electrons. The molecule has 128 valence electrons. The Balaban J connectivity index is 1.87. The first-order valence-electron chi connectivity index (χ1n) is 7.98. The second-order valence-corrected chi connectivity index (χ2v) is 6.37. The molecule has 1 aromatic carbocycles. The number of carbonyl (C=O) groups is 2. The highest BCUT2D eigenvalue weighted by molar-refractivity contribution is 6.40. The van der Waals surface area contributed by atoms with Gasteiger partial charge in [-0.15, -0.1) is 0 Å². The number of nitriles is 1. The first kappa shape index (κ1) is 18.2. The Morgan fingerprint density at radius 2 is 2.00 bits per heavy atom. The van der Waals surface area contributed by atoms with Gasteiger partial charge in [0.05, 0.1) is 17.4 Å². The molecule has 0 spiro atoms. The molecule has 1 fully saturated rings. The highest BCUT2D eigenvalue weighted by Crippen LogP contribution is 2.26. The summed E-state index contributed by atoms with van der Waals surface area (Å²) in [4.78, 5) is 23.8. The molecule has 2 rings (SSSR count). The number of amides is 2. The molecule has 24 heavy (non-hydrogen) atoms. The lowest BCUT2D eigenvalue weighted by Gasteiger charge is -2.26. The second-order valence-electron chi connectivity index (χ2n) is 5.93. The number of hydrogen-bond acceptors (Lipinski definition) is 4. The Morgan fingerprint density at radius 3 is 2.67 bits per heavy atom. The third-order valence-electron chi connectivity index (χ3n) is 4.22. The molecule has 6 nitrogen and oxygen atoms in total. The first-order chi connectivity index (χ1) is 11.5. The largest absolute Gasteiger partial charge is 0.391 e. The van der Waals surface area contributed by atoms with Gasteiger partial charge >= 0.3 is 11.8 Å². The SMILES string of the molecule is N#Cc1ccc(Cl)cc1NC(=O)C(=O)NC[C@@H](O)C1CCCCC1. The Hall–Kier alpha value is -2.10. The molecule has 1 saturated carbocycles. The molecule has 0 aliphatic heterocycles. The fourth-order valence-corrected chi connectivity index (χ4v) is 3.03. The van der Waals surface area contributed by atoms with Crippen LogP contribution in [0.15, 0.2) is 18.2 Å². The number of aliphatic hydroxyl groups is 1. The predicted molar refractivity (Wildman–Crippen MR) is 90.4 cm³/mol. The van der Waals surface area contributed by atoms with E-state index in [0.29, 0.717) is 5.02 Å². The van der Waals surface area contributed by atoms with Crippen LogP contribution in [0.5, 0.6) is 0 Å². The van der Waals surface area contributed by atoms with Gasteiger partial charge in [0.1, 0.15) is 6.07 Å². The maximum absolute atomic E-state index is 11.9. The third kappa shape index (κ3) is 4.95. The molecule has 1 atom stereocenters. The van der Waals surface area contributed by atoms with Crippen molar-refractivity contribution in [1.82, 2.24) is 5.32 Å². The van der Waals surface area contributed by atoms with Gasteiger partial charge in [-0.05, 0) is 37.0 Å². The van der Waals surface area contributed by atoms with Gasteiger partial charge in [0, 0.05) is 11.6 Å². The quantitative estimate of drug-likeness (QED) is 0.725. The summed E-state index contributed by atoms with van der Waals surface area (Å²) in [6.45, 7) is 0.0393. The maximum Gasteiger partial charge on any atom is 0.313 e. The zero-order valence-corrected chi connectivity index (χ0v) is 14.0. The maximum atomic E-state index is 11.9. The summed E-state index contributed by atoms with van der Waals surface area (Å²) in [5, 5.41) is 24.3. The standard InChI is InChI=1S/C17H20ClN3O3/c18-13-7-6-12(9-19)14(8-13)21-17(24)16(23)20-10-15(22)11-4-2-1-3-5-11/h6-8,11,15,22H,1-5,10H2,(H,20,23)(H,21,24)/t15-/m1/s1. The van der Waals surface area contributed by atoms with Crippen LogP contribution in [0.1, 0.15) is 37.7 Å². The minimum Gasteiger partial charge on any atom is -0.391 e. The van der Waals surface area contributed by atoms with Crippen LogP contribution in [0, 0.1) is 17.2 Å². The lowest BCUT2D eigenvalue weighted by Crippen LogP contribution is -2.42. The minimum atomic E-state index is -0.899. The van der Waals surface area contributed by atoms with Gasteiger partial charge in [0.15, 0.2) is 0 Å². The van der Waals surface area contributed by atoms with Gasteiger partial charge in [0.25, 0.3) is 0 Å². The summed E-state index contributed by atoms with van der Waals surface area (Å²) in [5.41, 5.74) is 0.390. The lowest BCUT2D eigenvalue weighted by molar-refractivity contribution is -0.136. The van der Waals surface area contributed by atoms with E-state index >= 15 is 0 Å². The molecule has 3 N–H and O–H groups in total. The van der Waals surface area contributed by atoms with E-state index in [2.05, 4.69) is 10.6 Å². The van der Waals surface area contributed by atoms with Crippen LogP contribution < -0.4 is 10.6 Å². The fraction of sp³-hybridized carbons (Fsp3) is 0.471. The summed E-state index contributed by atoms with van der Waals surface area (Å²) in [5.74, 6) is -1.58. The molecule has 0 saturated heterocycles. The average molecular weight is 350 g/mol. The zero-order chi connectivity index (χ0) is 17.5. The van der Waals surface area contributed by atoms with Crippen molar-refractivity contribution >= 4 is 29.1 Å². The molecule has 7 heteroatoms. The number of benzene rings is 1. The van der Waals surface area contributed by atoms with Crippen LogP contribution in [0.2, 0.25) is 5.02 Å². The van der Waals surface area contributed by atoms with Crippen molar-refractivity contribution in [1.29, 1.82) is 5.26 Å². The van der Waals surface area contributed by atoms with Gasteiger partial charge in [-0.25, -0.2) is 0 Å². The smallest absolute Gasteiger partial charge is 0.313 e. The number of aliphatic hydroxyl groups excluding tert-OH is 1. The summed E-state index contributed by atoms with van der Waals surface area (Å²) >= 11 is 5.83. The van der Waals surface area contributed by atoms with Crippen molar-refractivity contribution in [2.24, 2.45) is 5.92 Å². The summed E-state index contributed by atoms with van der Waals surface area (Å²) < 4.78 is 0. The monoisotopic (exact) mass is 349 g/mol. The van der Waals surface area contributed by atoms with Crippen molar-refractivity contribution < 1.29 is 14.7 Å². The summed E-state index contributed by atoms with van der Waals surface area (Å²) in [7, 11) is 0. The topological polar surface area (TPSA) is 102 Å². The molecule has 1 aliphatic carbocycles. The number of carbonyl (C=O) groups excluding carboxylic acids is 2. The van der Waals surface area contributed by atoms with Crippen molar-refractivity contribution in [2.75, 3.05) is 11.9 Å². The van der Waals surface area contributed by atoms with Crippen LogP contribution >= 0.6 is 11.6 Å². The molecule has 0 heterocycles. The van der Waals surface area contributed by atoms with Gasteiger partial charge in [-0.1, -0.05) is 30.9 Å². The van der Waals surface area contributed by atoms with E-state index in [4.69, 9.17) is 16.9 Å². The van der Waals surface area contributed by atoms with Crippen molar-refractivity contribution in [2.45, 2.75) is 38.2 Å². The van der Waals surface area contributed by atoms with E-state index in [1.54, 1.807) is 0 Å². The molecular weight excluding hydrogens is 330 g/mol. The average Bonchev–Trinajstić information content (AvgIpc) is 2.60. The number of hydrogen-bond donors (Lipinski definition) is 3. The Morgan fingerprint density at radius 1 is 1.29 bits per heavy atom. The Bertz CT molecular complexity index is 651. The predicted octanol–water partition coefficient (Wildman–Crippen LogP) is 2.21. The van der Waals surface area contributed by atoms with Gasteiger partial charge in [-0.2, -0.15) is 5.26 Å². The van der Waals surface area contributed by atoms with E-state index in [9.17, 15) is 14.7 Å². The molecule has 1 aliphatic rings. The third-order valence-corrected chi connectivity index (χ3v) is 4.46. The molecule has 1 aromatic rings. The Labute approximate surface area is 145 Å². The summed E-state index contributed by atoms with van der Waals surface area (Å²) in [6.07, 6.45) is 4.58. The minimum absolute atomic E-state index is 0.0393. The highest BCUT2D eigenvalue weighted by atomic mass is 35.5. The number of anilines is 1. The highest BCUT2D eigenvalue weighted by Gasteiger charge is 2.23. The van der Waals surface area contributed by atoms with E-state index in [0.717, 1.165) is 25.7 Å². The molecule has 0 bridgehead atoms. The van der Waals surface area contributed by atoms with Crippen molar-refractivity contribution in [3.63, 3.8) is 0 Å². The number of halogens is 1.